The van der Waals surface area contributed by atoms with Gasteiger partial charge in [-0.2, -0.15) is 0 Å². The summed E-state index contributed by atoms with van der Waals surface area (Å²) in [5.74, 6) is -8.05. The maximum Gasteiger partial charge on any atom is 0.326 e. The molecule has 0 bridgehead atoms. The summed E-state index contributed by atoms with van der Waals surface area (Å²) in [6, 6.07) is -2.42. The van der Waals surface area contributed by atoms with E-state index in [-0.39, 0.29) is 141 Å². The molecular weight excluding hydrogens is 883 g/mol. The number of carbonyl (C=O) groups excluding carboxylic acids is 6. The highest BCUT2D eigenvalue weighted by Gasteiger charge is 2.25. The topological polar surface area (TPSA) is 325 Å². The molecule has 0 aromatic carbocycles. The lowest BCUT2D eigenvalue weighted by atomic mass is 9.97. The highest BCUT2D eigenvalue weighted by Crippen LogP contribution is 2.15. The van der Waals surface area contributed by atoms with E-state index in [1.807, 2.05) is 0 Å². The normalized spacial score (nSPS) is 12.4. The van der Waals surface area contributed by atoms with E-state index in [4.69, 9.17) is 24.1 Å². The lowest BCUT2D eigenvalue weighted by Gasteiger charge is -2.15. The van der Waals surface area contributed by atoms with E-state index in [1.54, 1.807) is 0 Å². The fourth-order valence-electron chi connectivity index (χ4n) is 6.58. The third kappa shape index (κ3) is 40.0. The minimum atomic E-state index is -1.32. The van der Waals surface area contributed by atoms with E-state index < -0.39 is 60.0 Å². The minimum absolute atomic E-state index is 0.00109. The molecule has 0 aromatic rings. The van der Waals surface area contributed by atoms with Crippen LogP contribution in [0.4, 0.5) is 0 Å². The van der Waals surface area contributed by atoms with E-state index in [9.17, 15) is 63.3 Å². The summed E-state index contributed by atoms with van der Waals surface area (Å²) >= 11 is 0. The quantitative estimate of drug-likeness (QED) is 0.0427. The summed E-state index contributed by atoms with van der Waals surface area (Å²) in [7, 11) is 0. The van der Waals surface area contributed by atoms with Crippen molar-refractivity contribution in [2.45, 2.75) is 167 Å². The van der Waals surface area contributed by atoms with Gasteiger partial charge in [0.2, 0.25) is 17.7 Å². The van der Waals surface area contributed by atoms with Crippen molar-refractivity contribution in [1.82, 2.24) is 16.0 Å². The van der Waals surface area contributed by atoms with E-state index in [2.05, 4.69) is 16.0 Å². The zero-order valence-electron chi connectivity index (χ0n) is 39.4. The summed E-state index contributed by atoms with van der Waals surface area (Å²) in [4.78, 5) is 117. The van der Waals surface area contributed by atoms with Gasteiger partial charge in [0, 0.05) is 58.1 Å². The summed E-state index contributed by atoms with van der Waals surface area (Å²) in [6.45, 7) is 1.70. The van der Waals surface area contributed by atoms with Gasteiger partial charge in [-0.05, 0) is 45.4 Å². The van der Waals surface area contributed by atoms with Crippen molar-refractivity contribution in [3.05, 3.63) is 0 Å². The molecule has 0 rings (SSSR count). The number of hydrogen-bond acceptors (Lipinski definition) is 14. The van der Waals surface area contributed by atoms with Crippen LogP contribution >= 0.6 is 0 Å². The third-order valence-electron chi connectivity index (χ3n) is 10.4. The van der Waals surface area contributed by atoms with E-state index in [0.717, 1.165) is 64.2 Å². The van der Waals surface area contributed by atoms with E-state index >= 15 is 0 Å². The number of amides is 3. The number of aliphatic carboxylic acids is 4. The Morgan fingerprint density at radius 1 is 0.418 bits per heavy atom. The number of ether oxygens (including phenoxy) is 4. The summed E-state index contributed by atoms with van der Waals surface area (Å²) < 4.78 is 21.3. The predicted molar refractivity (Wildman–Crippen MR) is 241 cm³/mol. The average molecular weight is 960 g/mol. The van der Waals surface area contributed by atoms with E-state index in [1.165, 1.54) is 13.3 Å². The molecule has 67 heavy (non-hydrogen) atoms. The Hall–Kier alpha value is -4.86. The molecule has 0 unspecified atom stereocenters. The van der Waals surface area contributed by atoms with Crippen LogP contribution in [0.25, 0.3) is 0 Å². The lowest BCUT2D eigenvalue weighted by Crippen LogP contribution is -2.41. The Labute approximate surface area is 393 Å². The van der Waals surface area contributed by atoms with Crippen LogP contribution in [-0.4, -0.2) is 151 Å². The molecular formula is C46H77N3O18. The number of carboxylic acid groups (broad SMARTS) is 4. The van der Waals surface area contributed by atoms with Crippen LogP contribution in [0.5, 0.6) is 0 Å². The van der Waals surface area contributed by atoms with Crippen LogP contribution in [0.2, 0.25) is 0 Å². The van der Waals surface area contributed by atoms with Crippen molar-refractivity contribution in [2.24, 2.45) is 5.92 Å². The first-order valence-electron chi connectivity index (χ1n) is 23.6. The maximum absolute atomic E-state index is 12.3. The number of Topliss-reactive ketones (excluding diaryl/α,β-unsaturated/α-hetero) is 3. The summed E-state index contributed by atoms with van der Waals surface area (Å²) in [5, 5.41) is 44.2. The van der Waals surface area contributed by atoms with Crippen molar-refractivity contribution in [3.63, 3.8) is 0 Å². The molecule has 0 aliphatic carbocycles. The van der Waals surface area contributed by atoms with Crippen molar-refractivity contribution >= 4 is 58.9 Å². The van der Waals surface area contributed by atoms with Crippen LogP contribution in [0, 0.1) is 5.92 Å². The zero-order chi connectivity index (χ0) is 50.1. The molecule has 3 atom stereocenters. The van der Waals surface area contributed by atoms with Gasteiger partial charge >= 0.3 is 23.9 Å². The molecule has 21 heteroatoms. The number of carbonyl (C=O) groups is 10. The molecule has 0 aromatic heterocycles. The Balaban J connectivity index is 3.87. The Morgan fingerprint density at radius 2 is 0.896 bits per heavy atom. The molecule has 3 amide bonds. The van der Waals surface area contributed by atoms with Crippen molar-refractivity contribution < 1.29 is 87.3 Å². The van der Waals surface area contributed by atoms with Gasteiger partial charge in [0.15, 0.2) is 5.78 Å². The number of carboxylic acids is 4. The molecule has 7 N–H and O–H groups in total. The smallest absolute Gasteiger partial charge is 0.326 e. The van der Waals surface area contributed by atoms with Gasteiger partial charge in [-0.25, -0.2) is 9.59 Å². The van der Waals surface area contributed by atoms with Crippen molar-refractivity contribution in [2.75, 3.05) is 59.4 Å². The largest absolute Gasteiger partial charge is 0.481 e. The van der Waals surface area contributed by atoms with Crippen LogP contribution in [0.1, 0.15) is 155 Å². The van der Waals surface area contributed by atoms with Crippen molar-refractivity contribution in [3.8, 4) is 0 Å². The van der Waals surface area contributed by atoms with Gasteiger partial charge in [0.05, 0.1) is 39.0 Å². The van der Waals surface area contributed by atoms with Crippen LogP contribution in [0.3, 0.4) is 0 Å². The number of unbranched alkanes of at least 4 members (excludes halogenated alkanes) is 11. The summed E-state index contributed by atoms with van der Waals surface area (Å²) in [5.41, 5.74) is 0. The molecule has 0 aliphatic heterocycles. The van der Waals surface area contributed by atoms with Crippen LogP contribution in [-0.2, 0) is 66.9 Å². The molecule has 0 fully saturated rings. The Bertz CT molecular complexity index is 1490. The van der Waals surface area contributed by atoms with Crippen molar-refractivity contribution in [1.29, 1.82) is 0 Å². The van der Waals surface area contributed by atoms with Crippen LogP contribution in [0.15, 0.2) is 0 Å². The monoisotopic (exact) mass is 960 g/mol. The predicted octanol–water partition coefficient (Wildman–Crippen LogP) is 3.79. The standard InChI is InChI=1S/C46H77N3O18/c1-34(50)18-21-38(45(60)61)49-41(54)23-19-35(44(58)59)31-37(52)32-66-29-28-65-26-24-47-42(55)33-67-30-27-64-25-14-15-36(51)20-22-39(46(62)63)48-40(53)16-12-10-8-6-4-2-3-5-7-9-11-13-17-43(56)57/h35,38-39H,2-33H2,1H3,(H,47,55)(H,48,53)(H,49,54)(H,56,57)(H,58,59)(H,60,61)(H,62,63)/t35-,38+,39+/m1/s1. The SMILES string of the molecule is CC(=O)CC[C@H](NC(=O)CC[C@H](CC(=O)COCCOCCNC(=O)COCCOCCCC(=O)CC[C@H](NC(=O)CCCCCCCCCCCCCCC(=O)O)C(=O)O)C(=O)O)C(=O)O. The molecule has 0 saturated carbocycles. The van der Waals surface area contributed by atoms with E-state index in [0.29, 0.717) is 12.8 Å². The second-order valence-electron chi connectivity index (χ2n) is 16.5. The lowest BCUT2D eigenvalue weighted by molar-refractivity contribution is -0.145. The molecule has 0 radical (unpaired) electrons. The first kappa shape index (κ1) is 62.1. The molecule has 0 spiro atoms. The number of hydrogen-bond donors (Lipinski definition) is 7. The van der Waals surface area contributed by atoms with Gasteiger partial charge in [-0.3, -0.25) is 33.6 Å². The minimum Gasteiger partial charge on any atom is -0.481 e. The Morgan fingerprint density at radius 3 is 1.42 bits per heavy atom. The fourth-order valence-corrected chi connectivity index (χ4v) is 6.58. The molecule has 21 nitrogen and oxygen atoms in total. The first-order chi connectivity index (χ1) is 32.0. The molecule has 384 valence electrons. The second-order valence-corrected chi connectivity index (χ2v) is 16.5. The number of rotatable bonds is 48. The zero-order valence-corrected chi connectivity index (χ0v) is 39.4. The highest BCUT2D eigenvalue weighted by molar-refractivity contribution is 5.87. The maximum atomic E-state index is 12.3. The van der Waals surface area contributed by atoms with Gasteiger partial charge in [0.25, 0.3) is 0 Å². The fraction of sp³-hybridized carbons (Fsp3) is 0.783. The van der Waals surface area contributed by atoms with Gasteiger partial charge in [0.1, 0.15) is 36.9 Å². The Kier molecular flexibility index (Phi) is 38.3. The van der Waals surface area contributed by atoms with Gasteiger partial charge in [-0.15, -0.1) is 0 Å². The van der Waals surface area contributed by atoms with Crippen LogP contribution < -0.4 is 16.0 Å². The van der Waals surface area contributed by atoms with Gasteiger partial charge < -0.3 is 60.1 Å². The number of nitrogens with one attached hydrogen (secondary N) is 3. The third-order valence-corrected chi connectivity index (χ3v) is 10.4. The molecule has 0 saturated heterocycles. The first-order valence-corrected chi connectivity index (χ1v) is 23.6. The number of ketones is 3. The highest BCUT2D eigenvalue weighted by atomic mass is 16.5. The second kappa shape index (κ2) is 41.3. The molecule has 0 aliphatic rings. The van der Waals surface area contributed by atoms with Gasteiger partial charge in [-0.1, -0.05) is 64.2 Å². The molecule has 0 heterocycles. The average Bonchev–Trinajstić information content (AvgIpc) is 3.26. The summed E-state index contributed by atoms with van der Waals surface area (Å²) in [6.07, 6.45) is 12.2.